The molecule has 9 heteroatoms. The number of aliphatic hydroxyl groups excluding tert-OH is 1. The number of nitrogens with zero attached hydrogens (tertiary/aromatic N) is 1. The first kappa shape index (κ1) is 70.2. The van der Waals surface area contributed by atoms with E-state index in [1.165, 1.54) is 263 Å². The Morgan fingerprint density at radius 1 is 0.479 bits per heavy atom. The molecular weight excluding hydrogens is 900 g/mol. The summed E-state index contributed by atoms with van der Waals surface area (Å²) < 4.78 is 23.5. The Labute approximate surface area is 443 Å². The second kappa shape index (κ2) is 54.0. The summed E-state index contributed by atoms with van der Waals surface area (Å²) in [4.78, 5) is 25.6. The van der Waals surface area contributed by atoms with Gasteiger partial charge in [0.1, 0.15) is 13.2 Å². The largest absolute Gasteiger partial charge is 0.756 e. The van der Waals surface area contributed by atoms with Crippen LogP contribution in [0.5, 0.6) is 0 Å². The van der Waals surface area contributed by atoms with Crippen LogP contribution in [0.25, 0.3) is 0 Å². The average Bonchev–Trinajstić information content (AvgIpc) is 3.33. The van der Waals surface area contributed by atoms with E-state index in [9.17, 15) is 19.4 Å². The highest BCUT2D eigenvalue weighted by atomic mass is 31.2. The van der Waals surface area contributed by atoms with Crippen LogP contribution in [0.2, 0.25) is 0 Å². The highest BCUT2D eigenvalue weighted by Crippen LogP contribution is 2.38. The van der Waals surface area contributed by atoms with Gasteiger partial charge >= 0.3 is 0 Å². The lowest BCUT2D eigenvalue weighted by Crippen LogP contribution is -2.46. The van der Waals surface area contributed by atoms with Crippen molar-refractivity contribution in [3.05, 3.63) is 12.2 Å². The monoisotopic (exact) mass is 1020 g/mol. The molecule has 0 aliphatic carbocycles. The van der Waals surface area contributed by atoms with Crippen LogP contribution in [0.3, 0.4) is 0 Å². The minimum atomic E-state index is -4.57. The molecule has 0 aromatic carbocycles. The zero-order valence-electron chi connectivity index (χ0n) is 48.5. The third-order valence-corrected chi connectivity index (χ3v) is 15.7. The molecule has 0 fully saturated rings. The van der Waals surface area contributed by atoms with Crippen LogP contribution in [-0.2, 0) is 18.4 Å². The van der Waals surface area contributed by atoms with Gasteiger partial charge in [0.15, 0.2) is 0 Å². The fourth-order valence-corrected chi connectivity index (χ4v) is 10.5. The number of amides is 1. The maximum Gasteiger partial charge on any atom is 0.268 e. The van der Waals surface area contributed by atoms with Gasteiger partial charge in [0, 0.05) is 6.42 Å². The summed E-state index contributed by atoms with van der Waals surface area (Å²) in [6, 6.07) is -0.800. The summed E-state index contributed by atoms with van der Waals surface area (Å²) in [5.74, 6) is -0.160. The summed E-state index contributed by atoms with van der Waals surface area (Å²) in [5, 5.41) is 14.1. The number of likely N-dealkylation sites (N-methyl/N-ethyl adjacent to an activating group) is 1. The fraction of sp³-hybridized carbons (Fsp3) is 0.952. The second-order valence-electron chi connectivity index (χ2n) is 23.1. The van der Waals surface area contributed by atoms with Crippen LogP contribution >= 0.6 is 7.82 Å². The van der Waals surface area contributed by atoms with Gasteiger partial charge in [-0.15, -0.1) is 0 Å². The van der Waals surface area contributed by atoms with E-state index in [2.05, 4.69) is 31.3 Å². The molecule has 71 heavy (non-hydrogen) atoms. The lowest BCUT2D eigenvalue weighted by atomic mass is 10.0. The maximum absolute atomic E-state index is 13.0. The van der Waals surface area contributed by atoms with Gasteiger partial charge in [0.2, 0.25) is 5.91 Å². The Morgan fingerprint density at radius 2 is 0.775 bits per heavy atom. The molecule has 0 bridgehead atoms. The van der Waals surface area contributed by atoms with Crippen molar-refractivity contribution < 1.29 is 32.9 Å². The van der Waals surface area contributed by atoms with Crippen LogP contribution < -0.4 is 10.2 Å². The standard InChI is InChI=1S/C62H125N2O6P/c1-6-8-10-12-14-16-18-20-22-24-26-28-30-32-34-36-38-40-42-44-46-48-50-52-54-56-62(66)63-60(59-70-71(67,68)69-58-57-64(3,4)5)61(65)55-53-51-49-47-45-43-41-39-37-35-33-31-29-27-25-23-21-19-17-15-13-11-9-7-2/h32,34,60-61,65H,6-31,33,35-59H2,1-5H3,(H-,63,66,67,68)/b34-32-. The predicted molar refractivity (Wildman–Crippen MR) is 307 cm³/mol. The van der Waals surface area contributed by atoms with Gasteiger partial charge in [-0.2, -0.15) is 0 Å². The maximum atomic E-state index is 13.0. The average molecular weight is 1030 g/mol. The number of quaternary nitrogens is 1. The van der Waals surface area contributed by atoms with E-state index >= 15 is 0 Å². The van der Waals surface area contributed by atoms with Crippen LogP contribution in [0.4, 0.5) is 0 Å². The van der Waals surface area contributed by atoms with E-state index in [0.717, 1.165) is 38.5 Å². The number of carbonyl (C=O) groups excluding carboxylic acids is 1. The Balaban J connectivity index is 4.09. The lowest BCUT2D eigenvalue weighted by molar-refractivity contribution is -0.870. The van der Waals surface area contributed by atoms with Gasteiger partial charge in [-0.3, -0.25) is 9.36 Å². The van der Waals surface area contributed by atoms with Crippen LogP contribution in [-0.4, -0.2) is 68.5 Å². The number of phosphoric acid groups is 1. The minimum Gasteiger partial charge on any atom is -0.756 e. The smallest absolute Gasteiger partial charge is 0.268 e. The quantitative estimate of drug-likeness (QED) is 0.0272. The van der Waals surface area contributed by atoms with E-state index in [1.54, 1.807) is 0 Å². The van der Waals surface area contributed by atoms with Gasteiger partial charge in [-0.1, -0.05) is 296 Å². The first-order valence-electron chi connectivity index (χ1n) is 31.5. The van der Waals surface area contributed by atoms with Crippen molar-refractivity contribution in [1.82, 2.24) is 5.32 Å². The molecule has 0 aliphatic heterocycles. The summed E-state index contributed by atoms with van der Waals surface area (Å²) in [5.41, 5.74) is 0. The zero-order chi connectivity index (χ0) is 52.0. The fourth-order valence-electron chi connectivity index (χ4n) is 9.80. The lowest BCUT2D eigenvalue weighted by Gasteiger charge is -2.30. The van der Waals surface area contributed by atoms with E-state index in [4.69, 9.17) is 9.05 Å². The van der Waals surface area contributed by atoms with Crippen LogP contribution in [0.1, 0.15) is 328 Å². The Bertz CT molecular complexity index is 1160. The SMILES string of the molecule is CCCCCCCCCCCCCC/C=C\CCCCCCCCCCCC(=O)NC(COP(=O)([O-])OCC[N+](C)(C)C)C(O)CCCCCCCCCCCCCCCCCCCCCCCCCC. The molecule has 0 aromatic rings. The highest BCUT2D eigenvalue weighted by molar-refractivity contribution is 7.45. The molecule has 0 aliphatic rings. The van der Waals surface area contributed by atoms with Crippen molar-refractivity contribution in [1.29, 1.82) is 0 Å². The number of allylic oxidation sites excluding steroid dienone is 2. The number of phosphoric ester groups is 1. The number of aliphatic hydroxyl groups is 1. The van der Waals surface area contributed by atoms with Gasteiger partial charge in [0.05, 0.1) is 39.9 Å². The van der Waals surface area contributed by atoms with Crippen LogP contribution in [0.15, 0.2) is 12.2 Å². The highest BCUT2D eigenvalue weighted by Gasteiger charge is 2.24. The van der Waals surface area contributed by atoms with Gasteiger partial charge in [-0.25, -0.2) is 0 Å². The predicted octanol–water partition coefficient (Wildman–Crippen LogP) is 18.8. The van der Waals surface area contributed by atoms with Crippen molar-refractivity contribution in [2.45, 2.75) is 341 Å². The number of hydrogen-bond acceptors (Lipinski definition) is 6. The van der Waals surface area contributed by atoms with Crippen molar-refractivity contribution in [3.8, 4) is 0 Å². The molecular formula is C62H125N2O6P. The minimum absolute atomic E-state index is 0.0145. The first-order chi connectivity index (χ1) is 34.5. The summed E-state index contributed by atoms with van der Waals surface area (Å²) in [6.45, 7) is 4.78. The first-order valence-corrected chi connectivity index (χ1v) is 33.0. The van der Waals surface area contributed by atoms with Crippen molar-refractivity contribution in [2.75, 3.05) is 40.9 Å². The second-order valence-corrected chi connectivity index (χ2v) is 24.5. The van der Waals surface area contributed by atoms with E-state index in [1.807, 2.05) is 21.1 Å². The van der Waals surface area contributed by atoms with Crippen LogP contribution in [0, 0.1) is 0 Å². The zero-order valence-corrected chi connectivity index (χ0v) is 49.4. The summed E-state index contributed by atoms with van der Waals surface area (Å²) in [7, 11) is 1.32. The molecule has 1 amide bonds. The number of carbonyl (C=O) groups is 1. The van der Waals surface area contributed by atoms with Crippen molar-refractivity contribution in [2.24, 2.45) is 0 Å². The molecule has 0 radical (unpaired) electrons. The molecule has 0 aromatic heterocycles. The van der Waals surface area contributed by atoms with E-state index < -0.39 is 20.0 Å². The van der Waals surface area contributed by atoms with E-state index in [0.29, 0.717) is 23.9 Å². The topological polar surface area (TPSA) is 108 Å². The van der Waals surface area contributed by atoms with Gasteiger partial charge in [-0.05, 0) is 38.5 Å². The molecule has 0 rings (SSSR count). The van der Waals surface area contributed by atoms with Gasteiger partial charge in [0.25, 0.3) is 7.82 Å². The number of unbranched alkanes of at least 4 members (excludes halogenated alkanes) is 44. The molecule has 424 valence electrons. The molecule has 0 saturated heterocycles. The summed E-state index contributed by atoms with van der Waals surface area (Å²) in [6.07, 6.45) is 66.9. The molecule has 8 nitrogen and oxygen atoms in total. The van der Waals surface area contributed by atoms with Crippen molar-refractivity contribution >= 4 is 13.7 Å². The van der Waals surface area contributed by atoms with Crippen molar-refractivity contribution in [3.63, 3.8) is 0 Å². The molecule has 3 unspecified atom stereocenters. The number of hydrogen-bond donors (Lipinski definition) is 2. The Kier molecular flexibility index (Phi) is 53.5. The molecule has 0 heterocycles. The number of nitrogens with one attached hydrogen (secondary N) is 1. The molecule has 0 saturated carbocycles. The molecule has 0 spiro atoms. The number of rotatable bonds is 59. The van der Waals surface area contributed by atoms with Gasteiger partial charge < -0.3 is 28.8 Å². The van der Waals surface area contributed by atoms with E-state index in [-0.39, 0.29) is 19.1 Å². The third-order valence-electron chi connectivity index (χ3n) is 14.8. The Morgan fingerprint density at radius 3 is 1.10 bits per heavy atom. The normalized spacial score (nSPS) is 13.8. The summed E-state index contributed by atoms with van der Waals surface area (Å²) >= 11 is 0. The molecule has 3 atom stereocenters. The Hall–Kier alpha value is -0.760. The molecule has 2 N–H and O–H groups in total. The third kappa shape index (κ3) is 56.8.